The van der Waals surface area contributed by atoms with Crippen LogP contribution in [0.5, 0.6) is 0 Å². The largest absolute Gasteiger partial charge is 0.413 e. The Hall–Kier alpha value is -1.07. The van der Waals surface area contributed by atoms with Crippen LogP contribution in [0.2, 0.25) is 0 Å². The van der Waals surface area contributed by atoms with Crippen molar-refractivity contribution in [2.45, 2.75) is 38.9 Å². The molecule has 1 atom stereocenters. The van der Waals surface area contributed by atoms with Crippen molar-refractivity contribution in [3.05, 3.63) is 35.4 Å². The minimum Gasteiger partial charge on any atom is -0.292 e. The number of aryl methyl sites for hydroxylation is 1. The van der Waals surface area contributed by atoms with Crippen LogP contribution in [-0.2, 0) is 11.3 Å². The van der Waals surface area contributed by atoms with Crippen LogP contribution < -0.4 is 5.48 Å². The van der Waals surface area contributed by atoms with Crippen molar-refractivity contribution in [1.29, 1.82) is 0 Å². The van der Waals surface area contributed by atoms with E-state index in [0.29, 0.717) is 0 Å². The van der Waals surface area contributed by atoms with Gasteiger partial charge in [0.2, 0.25) is 0 Å². The number of hydrogen-bond acceptors (Lipinski definition) is 2. The van der Waals surface area contributed by atoms with Gasteiger partial charge in [0.05, 0.1) is 6.04 Å². The SMILES string of the molecule is CC1(C)CCc2ccccc2C1NOCC(F)(F)F. The third-order valence-corrected chi connectivity index (χ3v) is 3.62. The maximum Gasteiger partial charge on any atom is 0.413 e. The Bertz CT molecular complexity index is 443. The highest BCUT2D eigenvalue weighted by molar-refractivity contribution is 5.33. The zero-order valence-electron chi connectivity index (χ0n) is 11.1. The molecular weight excluding hydrogens is 255 g/mol. The molecule has 2 nitrogen and oxygen atoms in total. The molecule has 1 N–H and O–H groups in total. The molecule has 19 heavy (non-hydrogen) atoms. The van der Waals surface area contributed by atoms with Crippen molar-refractivity contribution in [2.24, 2.45) is 5.41 Å². The summed E-state index contributed by atoms with van der Waals surface area (Å²) in [6, 6.07) is 7.59. The first-order valence-electron chi connectivity index (χ1n) is 6.31. The summed E-state index contributed by atoms with van der Waals surface area (Å²) >= 11 is 0. The summed E-state index contributed by atoms with van der Waals surface area (Å²) in [6.45, 7) is 2.80. The molecule has 1 aliphatic rings. The fourth-order valence-corrected chi connectivity index (χ4v) is 2.50. The van der Waals surface area contributed by atoms with Crippen molar-refractivity contribution < 1.29 is 18.0 Å². The van der Waals surface area contributed by atoms with Gasteiger partial charge in [0, 0.05) is 0 Å². The molecule has 0 radical (unpaired) electrons. The Morgan fingerprint density at radius 3 is 2.68 bits per heavy atom. The molecule has 0 saturated carbocycles. The number of fused-ring (bicyclic) bond motifs is 1. The highest BCUT2D eigenvalue weighted by atomic mass is 19.4. The molecular formula is C14H18F3NO. The second-order valence-electron chi connectivity index (χ2n) is 5.64. The van der Waals surface area contributed by atoms with Gasteiger partial charge in [-0.1, -0.05) is 38.1 Å². The highest BCUT2D eigenvalue weighted by Gasteiger charge is 2.37. The smallest absolute Gasteiger partial charge is 0.292 e. The van der Waals surface area contributed by atoms with Crippen LogP contribution in [0.4, 0.5) is 13.2 Å². The van der Waals surface area contributed by atoms with E-state index in [-0.39, 0.29) is 11.5 Å². The van der Waals surface area contributed by atoms with Gasteiger partial charge >= 0.3 is 6.18 Å². The predicted octanol–water partition coefficient (Wildman–Crippen LogP) is 3.78. The molecule has 0 amide bonds. The first kappa shape index (κ1) is 14.3. The summed E-state index contributed by atoms with van der Waals surface area (Å²) in [6.07, 6.45) is -2.46. The van der Waals surface area contributed by atoms with Crippen LogP contribution in [0.15, 0.2) is 24.3 Å². The molecule has 0 bridgehead atoms. The van der Waals surface area contributed by atoms with Gasteiger partial charge < -0.3 is 0 Å². The summed E-state index contributed by atoms with van der Waals surface area (Å²) in [4.78, 5) is 4.66. The molecule has 2 rings (SSSR count). The van der Waals surface area contributed by atoms with Crippen LogP contribution in [0.3, 0.4) is 0 Å². The second-order valence-corrected chi connectivity index (χ2v) is 5.64. The Balaban J connectivity index is 2.12. The molecule has 0 saturated heterocycles. The maximum atomic E-state index is 12.1. The monoisotopic (exact) mass is 273 g/mol. The normalized spacial score (nSPS) is 22.1. The van der Waals surface area contributed by atoms with E-state index in [0.717, 1.165) is 18.4 Å². The molecule has 1 unspecified atom stereocenters. The minimum absolute atomic E-state index is 0.139. The van der Waals surface area contributed by atoms with Crippen molar-refractivity contribution in [3.8, 4) is 0 Å². The number of hydrogen-bond donors (Lipinski definition) is 1. The highest BCUT2D eigenvalue weighted by Crippen LogP contribution is 2.43. The van der Waals surface area contributed by atoms with Crippen molar-refractivity contribution in [3.63, 3.8) is 0 Å². The van der Waals surface area contributed by atoms with Crippen LogP contribution in [0.25, 0.3) is 0 Å². The number of alkyl halides is 3. The summed E-state index contributed by atoms with van der Waals surface area (Å²) in [5.74, 6) is 0. The predicted molar refractivity (Wildman–Crippen MR) is 66.4 cm³/mol. The lowest BCUT2D eigenvalue weighted by Gasteiger charge is -2.40. The van der Waals surface area contributed by atoms with Crippen LogP contribution >= 0.6 is 0 Å². The molecule has 1 aromatic carbocycles. The fourth-order valence-electron chi connectivity index (χ4n) is 2.50. The van der Waals surface area contributed by atoms with Crippen molar-refractivity contribution in [1.82, 2.24) is 5.48 Å². The molecule has 0 fully saturated rings. The van der Waals surface area contributed by atoms with Gasteiger partial charge in [-0.15, -0.1) is 0 Å². The van der Waals surface area contributed by atoms with Crippen molar-refractivity contribution >= 4 is 0 Å². The van der Waals surface area contributed by atoms with Gasteiger partial charge in [0.1, 0.15) is 0 Å². The van der Waals surface area contributed by atoms with E-state index >= 15 is 0 Å². The van der Waals surface area contributed by atoms with Gasteiger partial charge in [-0.2, -0.15) is 18.7 Å². The van der Waals surface area contributed by atoms with E-state index in [1.54, 1.807) is 0 Å². The molecule has 1 aromatic rings. The quantitative estimate of drug-likeness (QED) is 0.846. The Labute approximate surface area is 110 Å². The molecule has 0 spiro atoms. The van der Waals surface area contributed by atoms with Gasteiger partial charge in [0.15, 0.2) is 6.61 Å². The van der Waals surface area contributed by atoms with Crippen molar-refractivity contribution in [2.75, 3.05) is 6.61 Å². The lowest BCUT2D eigenvalue weighted by atomic mass is 9.71. The first-order chi connectivity index (χ1) is 8.80. The molecule has 0 aromatic heterocycles. The summed E-state index contributed by atoms with van der Waals surface area (Å²) in [5, 5.41) is 0. The Morgan fingerprint density at radius 1 is 1.32 bits per heavy atom. The second kappa shape index (κ2) is 5.13. The van der Waals surface area contributed by atoms with E-state index in [4.69, 9.17) is 0 Å². The third kappa shape index (κ3) is 3.48. The lowest BCUT2D eigenvalue weighted by Crippen LogP contribution is -2.39. The molecule has 0 aliphatic heterocycles. The number of benzene rings is 1. The van der Waals surface area contributed by atoms with E-state index in [1.165, 1.54) is 5.56 Å². The maximum absolute atomic E-state index is 12.1. The number of rotatable bonds is 3. The van der Waals surface area contributed by atoms with Gasteiger partial charge in [-0.3, -0.25) is 4.84 Å². The average Bonchev–Trinajstić information content (AvgIpc) is 2.30. The molecule has 5 heteroatoms. The zero-order chi connectivity index (χ0) is 14.1. The topological polar surface area (TPSA) is 21.3 Å². The Morgan fingerprint density at radius 2 is 2.00 bits per heavy atom. The first-order valence-corrected chi connectivity index (χ1v) is 6.31. The standard InChI is InChI=1S/C14H18F3NO/c1-13(2)8-7-10-5-3-4-6-11(10)12(13)18-19-9-14(15,16)17/h3-6,12,18H,7-9H2,1-2H3. The summed E-state index contributed by atoms with van der Waals surface area (Å²) in [7, 11) is 0. The summed E-state index contributed by atoms with van der Waals surface area (Å²) < 4.78 is 36.4. The van der Waals surface area contributed by atoms with Crippen LogP contribution in [0, 0.1) is 5.41 Å². The van der Waals surface area contributed by atoms with Crippen LogP contribution in [0.1, 0.15) is 37.4 Å². The minimum atomic E-state index is -4.31. The number of halogens is 3. The molecule has 106 valence electrons. The Kier molecular flexibility index (Phi) is 3.87. The lowest BCUT2D eigenvalue weighted by molar-refractivity contribution is -0.197. The molecule has 0 heterocycles. The van der Waals surface area contributed by atoms with Gasteiger partial charge in [-0.25, -0.2) is 0 Å². The van der Waals surface area contributed by atoms with Crippen LogP contribution in [-0.4, -0.2) is 12.8 Å². The zero-order valence-corrected chi connectivity index (χ0v) is 11.1. The molecule has 1 aliphatic carbocycles. The van der Waals surface area contributed by atoms with Gasteiger partial charge in [-0.05, 0) is 29.4 Å². The van der Waals surface area contributed by atoms with E-state index in [1.807, 2.05) is 38.1 Å². The number of nitrogens with one attached hydrogen (secondary N) is 1. The third-order valence-electron chi connectivity index (χ3n) is 3.62. The fraction of sp³-hybridized carbons (Fsp3) is 0.571. The van der Waals surface area contributed by atoms with E-state index in [9.17, 15) is 13.2 Å². The summed E-state index contributed by atoms with van der Waals surface area (Å²) in [5.41, 5.74) is 4.67. The average molecular weight is 273 g/mol. The number of hydroxylamine groups is 1. The van der Waals surface area contributed by atoms with E-state index in [2.05, 4.69) is 10.3 Å². The van der Waals surface area contributed by atoms with E-state index < -0.39 is 12.8 Å². The van der Waals surface area contributed by atoms with Gasteiger partial charge in [0.25, 0.3) is 0 Å².